The smallest absolute Gasteiger partial charge is 0.241 e. The van der Waals surface area contributed by atoms with Crippen LogP contribution in [0.5, 0.6) is 0 Å². The molecule has 1 amide bonds. The van der Waals surface area contributed by atoms with Crippen LogP contribution in [-0.4, -0.2) is 47.1 Å². The summed E-state index contributed by atoms with van der Waals surface area (Å²) in [6.45, 7) is 5.09. The summed E-state index contributed by atoms with van der Waals surface area (Å²) in [5, 5.41) is 7.81. The van der Waals surface area contributed by atoms with Gasteiger partial charge in [0.25, 0.3) is 0 Å². The lowest BCUT2D eigenvalue weighted by Gasteiger charge is -2.30. The fourth-order valence-electron chi connectivity index (χ4n) is 4.93. The van der Waals surface area contributed by atoms with Gasteiger partial charge < -0.3 is 14.7 Å². The molecule has 3 aromatic rings. The monoisotopic (exact) mass is 493 g/mol. The molecule has 7 nitrogen and oxygen atoms in total. The quantitative estimate of drug-likeness (QED) is 0.504. The molecular weight excluding hydrogens is 462 g/mol. The van der Waals surface area contributed by atoms with Crippen molar-refractivity contribution >= 4 is 23.2 Å². The van der Waals surface area contributed by atoms with Gasteiger partial charge in [-0.25, -0.2) is 0 Å². The van der Waals surface area contributed by atoms with Crippen LogP contribution in [0.15, 0.2) is 53.1 Å². The van der Waals surface area contributed by atoms with Crippen molar-refractivity contribution in [2.75, 3.05) is 31.1 Å². The molecule has 1 N–H and O–H groups in total. The average molecular weight is 494 g/mol. The molecule has 0 saturated carbocycles. The minimum absolute atomic E-state index is 0.0419. The Labute approximate surface area is 211 Å². The standard InChI is InChI=1S/C27H32ClN5O2/c28-24-7-3-2-6-23(24)26-30-25(35-31-26)19-32-16-12-21(13-17-32)27(34)29-18-20-8-10-22(11-9-20)33-14-4-1-5-15-33/h2-3,6-11,21H,1,4-5,12-19H2,(H,29,34). The Morgan fingerprint density at radius 2 is 1.74 bits per heavy atom. The molecular formula is C27H32ClN5O2. The summed E-state index contributed by atoms with van der Waals surface area (Å²) in [5.74, 6) is 1.25. The normalized spacial score (nSPS) is 17.5. The van der Waals surface area contributed by atoms with E-state index in [1.165, 1.54) is 24.9 Å². The third-order valence-electron chi connectivity index (χ3n) is 7.02. The molecule has 0 unspecified atom stereocenters. The van der Waals surface area contributed by atoms with Crippen molar-refractivity contribution in [3.8, 4) is 11.4 Å². The van der Waals surface area contributed by atoms with Gasteiger partial charge in [-0.1, -0.05) is 41.0 Å². The first-order valence-electron chi connectivity index (χ1n) is 12.6. The van der Waals surface area contributed by atoms with Crippen molar-refractivity contribution in [2.45, 2.75) is 45.2 Å². The lowest BCUT2D eigenvalue weighted by atomic mass is 9.96. The maximum atomic E-state index is 12.8. The number of halogens is 1. The van der Waals surface area contributed by atoms with E-state index in [1.807, 2.05) is 24.3 Å². The molecule has 2 aliphatic rings. The van der Waals surface area contributed by atoms with E-state index in [-0.39, 0.29) is 11.8 Å². The second kappa shape index (κ2) is 11.2. The van der Waals surface area contributed by atoms with Gasteiger partial charge in [0.1, 0.15) is 0 Å². The van der Waals surface area contributed by atoms with Crippen molar-refractivity contribution in [1.29, 1.82) is 0 Å². The first kappa shape index (κ1) is 23.8. The van der Waals surface area contributed by atoms with Gasteiger partial charge in [-0.2, -0.15) is 4.98 Å². The summed E-state index contributed by atoms with van der Waals surface area (Å²) in [6.07, 6.45) is 5.53. The van der Waals surface area contributed by atoms with Gasteiger partial charge in [-0.3, -0.25) is 9.69 Å². The second-order valence-corrected chi connectivity index (χ2v) is 9.88. The van der Waals surface area contributed by atoms with Gasteiger partial charge in [0.15, 0.2) is 0 Å². The molecule has 8 heteroatoms. The van der Waals surface area contributed by atoms with E-state index in [9.17, 15) is 4.79 Å². The topological polar surface area (TPSA) is 74.5 Å². The Bertz CT molecular complexity index is 1120. The highest BCUT2D eigenvalue weighted by atomic mass is 35.5. The van der Waals surface area contributed by atoms with Crippen molar-refractivity contribution < 1.29 is 9.32 Å². The van der Waals surface area contributed by atoms with Gasteiger partial charge in [-0.15, -0.1) is 0 Å². The Kier molecular flexibility index (Phi) is 7.64. The molecule has 35 heavy (non-hydrogen) atoms. The van der Waals surface area contributed by atoms with E-state index in [4.69, 9.17) is 16.1 Å². The van der Waals surface area contributed by atoms with Crippen LogP contribution in [0.25, 0.3) is 11.4 Å². The van der Waals surface area contributed by atoms with Crippen LogP contribution >= 0.6 is 11.6 Å². The maximum absolute atomic E-state index is 12.8. The maximum Gasteiger partial charge on any atom is 0.241 e. The summed E-state index contributed by atoms with van der Waals surface area (Å²) >= 11 is 6.24. The number of carbonyl (C=O) groups is 1. The number of likely N-dealkylation sites (tertiary alicyclic amines) is 1. The van der Waals surface area contributed by atoms with Crippen LogP contribution < -0.4 is 10.2 Å². The molecule has 2 aliphatic heterocycles. The molecule has 0 radical (unpaired) electrons. The minimum Gasteiger partial charge on any atom is -0.372 e. The molecule has 3 heterocycles. The lowest BCUT2D eigenvalue weighted by molar-refractivity contribution is -0.126. The highest BCUT2D eigenvalue weighted by Gasteiger charge is 2.26. The van der Waals surface area contributed by atoms with Crippen LogP contribution in [0.2, 0.25) is 5.02 Å². The largest absolute Gasteiger partial charge is 0.372 e. The van der Waals surface area contributed by atoms with E-state index < -0.39 is 0 Å². The number of hydrogen-bond acceptors (Lipinski definition) is 6. The highest BCUT2D eigenvalue weighted by molar-refractivity contribution is 6.33. The number of aromatic nitrogens is 2. The molecule has 0 bridgehead atoms. The fourth-order valence-corrected chi connectivity index (χ4v) is 5.15. The summed E-state index contributed by atoms with van der Waals surface area (Å²) in [4.78, 5) is 22.0. The highest BCUT2D eigenvalue weighted by Crippen LogP contribution is 2.26. The lowest BCUT2D eigenvalue weighted by Crippen LogP contribution is -2.40. The van der Waals surface area contributed by atoms with Gasteiger partial charge in [-0.05, 0) is 75.0 Å². The summed E-state index contributed by atoms with van der Waals surface area (Å²) in [6, 6.07) is 16.1. The predicted octanol–water partition coefficient (Wildman–Crippen LogP) is 4.91. The van der Waals surface area contributed by atoms with Gasteiger partial charge in [0.2, 0.25) is 17.6 Å². The molecule has 2 fully saturated rings. The zero-order valence-corrected chi connectivity index (χ0v) is 20.7. The summed E-state index contributed by atoms with van der Waals surface area (Å²) in [5.41, 5.74) is 3.19. The van der Waals surface area contributed by atoms with Crippen molar-refractivity contribution in [1.82, 2.24) is 20.4 Å². The number of benzene rings is 2. The van der Waals surface area contributed by atoms with Gasteiger partial charge >= 0.3 is 0 Å². The number of carbonyl (C=O) groups excluding carboxylic acids is 1. The third kappa shape index (κ3) is 6.03. The minimum atomic E-state index is 0.0419. The van der Waals surface area contributed by atoms with Crippen LogP contribution in [0.4, 0.5) is 5.69 Å². The number of piperidine rings is 2. The number of nitrogens with one attached hydrogen (secondary N) is 1. The number of hydrogen-bond donors (Lipinski definition) is 1. The van der Waals surface area contributed by atoms with Crippen LogP contribution in [-0.2, 0) is 17.9 Å². The number of amides is 1. The zero-order valence-electron chi connectivity index (χ0n) is 20.0. The van der Waals surface area contributed by atoms with E-state index >= 15 is 0 Å². The number of nitrogens with zero attached hydrogens (tertiary/aromatic N) is 4. The van der Waals surface area contributed by atoms with Crippen LogP contribution in [0.1, 0.15) is 43.6 Å². The first-order valence-corrected chi connectivity index (χ1v) is 12.9. The Balaban J connectivity index is 1.06. The van der Waals surface area contributed by atoms with E-state index in [0.29, 0.717) is 29.8 Å². The molecule has 5 rings (SSSR count). The molecule has 1 aromatic heterocycles. The van der Waals surface area contributed by atoms with Gasteiger partial charge in [0.05, 0.1) is 11.6 Å². The molecule has 2 aromatic carbocycles. The number of rotatable bonds is 7. The van der Waals surface area contributed by atoms with Crippen LogP contribution in [0, 0.1) is 5.92 Å². The third-order valence-corrected chi connectivity index (χ3v) is 7.35. The Morgan fingerprint density at radius 1 is 1.00 bits per heavy atom. The average Bonchev–Trinajstić information content (AvgIpc) is 3.37. The molecule has 0 spiro atoms. The SMILES string of the molecule is O=C(NCc1ccc(N2CCCCC2)cc1)C1CCN(Cc2nc(-c3ccccc3Cl)no2)CC1. The van der Waals surface area contributed by atoms with Gasteiger partial charge in [0, 0.05) is 36.8 Å². The summed E-state index contributed by atoms with van der Waals surface area (Å²) < 4.78 is 5.44. The fraction of sp³-hybridized carbons (Fsp3) is 0.444. The number of anilines is 1. The van der Waals surface area contributed by atoms with E-state index in [2.05, 4.69) is 49.5 Å². The Hall–Kier alpha value is -2.90. The van der Waals surface area contributed by atoms with Crippen molar-refractivity contribution in [3.63, 3.8) is 0 Å². The van der Waals surface area contributed by atoms with Crippen molar-refractivity contribution in [3.05, 3.63) is 65.0 Å². The molecule has 184 valence electrons. The predicted molar refractivity (Wildman–Crippen MR) is 137 cm³/mol. The Morgan fingerprint density at radius 3 is 2.49 bits per heavy atom. The van der Waals surface area contributed by atoms with Crippen molar-refractivity contribution in [2.24, 2.45) is 5.92 Å². The second-order valence-electron chi connectivity index (χ2n) is 9.47. The molecule has 0 atom stereocenters. The molecule has 2 saturated heterocycles. The first-order chi connectivity index (χ1) is 17.2. The summed E-state index contributed by atoms with van der Waals surface area (Å²) in [7, 11) is 0. The van der Waals surface area contributed by atoms with E-state index in [0.717, 1.165) is 50.1 Å². The van der Waals surface area contributed by atoms with Crippen LogP contribution in [0.3, 0.4) is 0 Å². The molecule has 0 aliphatic carbocycles. The zero-order chi connectivity index (χ0) is 24.0. The van der Waals surface area contributed by atoms with E-state index in [1.54, 1.807) is 0 Å².